The smallest absolute Gasteiger partial charge is 0.129 e. The van der Waals surface area contributed by atoms with Gasteiger partial charge in [-0.3, -0.25) is 0 Å². The number of nitrogens with one attached hydrogen (secondary N) is 1. The molecule has 18 heavy (non-hydrogen) atoms. The Bertz CT molecular complexity index is 565. The van der Waals surface area contributed by atoms with Crippen molar-refractivity contribution in [2.75, 3.05) is 5.32 Å². The third-order valence-electron chi connectivity index (χ3n) is 2.76. The Balaban J connectivity index is 2.21. The number of aromatic nitrogens is 2. The number of hydrogen-bond acceptors (Lipinski definition) is 4. The number of halogens is 1. The monoisotopic (exact) mass is 281 g/mol. The first-order valence-electron chi connectivity index (χ1n) is 5.81. The number of thiazole rings is 1. The Hall–Kier alpha value is -1.13. The van der Waals surface area contributed by atoms with Crippen molar-refractivity contribution in [3.8, 4) is 0 Å². The first-order valence-corrected chi connectivity index (χ1v) is 7.00. The predicted octanol–water partition coefficient (Wildman–Crippen LogP) is 4.29. The Kier molecular flexibility index (Phi) is 3.88. The average Bonchev–Trinajstić information content (AvgIpc) is 2.62. The molecule has 0 aliphatic heterocycles. The summed E-state index contributed by atoms with van der Waals surface area (Å²) >= 11 is 7.58. The summed E-state index contributed by atoms with van der Waals surface area (Å²) < 4.78 is 0. The summed E-state index contributed by atoms with van der Waals surface area (Å²) in [6.07, 6.45) is 0. The van der Waals surface area contributed by atoms with Crippen LogP contribution >= 0.6 is 22.9 Å². The van der Waals surface area contributed by atoms with E-state index in [0.717, 1.165) is 22.1 Å². The minimum absolute atomic E-state index is 0.220. The second-order valence-corrected chi connectivity index (χ2v) is 5.94. The minimum Gasteiger partial charge on any atom is -0.376 e. The summed E-state index contributed by atoms with van der Waals surface area (Å²) in [5.74, 6) is 0. The number of nitrogens with zero attached hydrogens (tertiary/aromatic N) is 2. The van der Waals surface area contributed by atoms with Crippen LogP contribution in [-0.2, 0) is 0 Å². The van der Waals surface area contributed by atoms with Gasteiger partial charge in [-0.2, -0.15) is 0 Å². The van der Waals surface area contributed by atoms with Gasteiger partial charge >= 0.3 is 0 Å². The second-order valence-electron chi connectivity index (χ2n) is 4.32. The largest absolute Gasteiger partial charge is 0.376 e. The number of pyridine rings is 1. The molecule has 0 aliphatic rings. The van der Waals surface area contributed by atoms with Crippen LogP contribution in [0.1, 0.15) is 34.2 Å². The van der Waals surface area contributed by atoms with Crippen molar-refractivity contribution in [3.05, 3.63) is 38.6 Å². The number of aryl methyl sites for hydroxylation is 3. The number of rotatable bonds is 3. The quantitative estimate of drug-likeness (QED) is 0.853. The van der Waals surface area contributed by atoms with Gasteiger partial charge in [-0.25, -0.2) is 9.97 Å². The average molecular weight is 282 g/mol. The molecule has 0 saturated carbocycles. The van der Waals surface area contributed by atoms with E-state index >= 15 is 0 Å². The van der Waals surface area contributed by atoms with Crippen molar-refractivity contribution < 1.29 is 0 Å². The van der Waals surface area contributed by atoms with Crippen molar-refractivity contribution >= 4 is 28.6 Å². The molecule has 1 unspecified atom stereocenters. The fourth-order valence-electron chi connectivity index (χ4n) is 1.93. The maximum absolute atomic E-state index is 5.85. The molecule has 0 spiro atoms. The highest BCUT2D eigenvalue weighted by molar-refractivity contribution is 7.11. The van der Waals surface area contributed by atoms with Crippen LogP contribution < -0.4 is 5.32 Å². The van der Waals surface area contributed by atoms with Crippen LogP contribution in [0, 0.1) is 20.8 Å². The third kappa shape index (κ3) is 2.82. The van der Waals surface area contributed by atoms with E-state index < -0.39 is 0 Å². The Morgan fingerprint density at radius 3 is 2.44 bits per heavy atom. The lowest BCUT2D eigenvalue weighted by atomic mass is 10.2. The van der Waals surface area contributed by atoms with Crippen LogP contribution in [0.25, 0.3) is 0 Å². The van der Waals surface area contributed by atoms with E-state index in [-0.39, 0.29) is 6.04 Å². The molecule has 0 aliphatic carbocycles. The fraction of sp³-hybridized carbons (Fsp3) is 0.385. The molecule has 0 amide bonds. The molecule has 96 valence electrons. The number of hydrogen-bond donors (Lipinski definition) is 1. The summed E-state index contributed by atoms with van der Waals surface area (Å²) in [5.41, 5.74) is 3.02. The van der Waals surface area contributed by atoms with E-state index in [4.69, 9.17) is 11.6 Å². The predicted molar refractivity (Wildman–Crippen MR) is 77.6 cm³/mol. The SMILES string of the molecule is Cc1nc(C)c(C(C)Nc2ccc(Cl)nc2C)s1. The zero-order valence-corrected chi connectivity index (χ0v) is 12.5. The van der Waals surface area contributed by atoms with Gasteiger partial charge in [0.2, 0.25) is 0 Å². The van der Waals surface area contributed by atoms with Gasteiger partial charge in [0.25, 0.3) is 0 Å². The molecule has 0 aromatic carbocycles. The molecule has 0 bridgehead atoms. The minimum atomic E-state index is 0.220. The van der Waals surface area contributed by atoms with E-state index in [0.29, 0.717) is 5.15 Å². The highest BCUT2D eigenvalue weighted by Crippen LogP contribution is 2.28. The summed E-state index contributed by atoms with van der Waals surface area (Å²) in [6, 6.07) is 3.98. The van der Waals surface area contributed by atoms with Gasteiger partial charge in [-0.05, 0) is 39.8 Å². The molecular weight excluding hydrogens is 266 g/mol. The van der Waals surface area contributed by atoms with Gasteiger partial charge in [0, 0.05) is 4.88 Å². The molecule has 2 rings (SSSR count). The van der Waals surface area contributed by atoms with Gasteiger partial charge in [-0.1, -0.05) is 11.6 Å². The summed E-state index contributed by atoms with van der Waals surface area (Å²) in [6.45, 7) is 8.16. The Morgan fingerprint density at radius 2 is 1.89 bits per heavy atom. The van der Waals surface area contributed by atoms with E-state index in [1.807, 2.05) is 26.8 Å². The van der Waals surface area contributed by atoms with Crippen molar-refractivity contribution in [2.45, 2.75) is 33.7 Å². The van der Waals surface area contributed by atoms with Crippen LogP contribution in [0.3, 0.4) is 0 Å². The molecule has 1 N–H and O–H groups in total. The van der Waals surface area contributed by atoms with Crippen LogP contribution in [-0.4, -0.2) is 9.97 Å². The van der Waals surface area contributed by atoms with E-state index in [1.165, 1.54) is 4.88 Å². The van der Waals surface area contributed by atoms with Crippen molar-refractivity contribution in [2.24, 2.45) is 0 Å². The van der Waals surface area contributed by atoms with Crippen molar-refractivity contribution in [1.82, 2.24) is 9.97 Å². The van der Waals surface area contributed by atoms with Gasteiger partial charge in [0.1, 0.15) is 5.15 Å². The highest BCUT2D eigenvalue weighted by atomic mass is 35.5. The Morgan fingerprint density at radius 1 is 1.17 bits per heavy atom. The Labute approximate surface area is 116 Å². The van der Waals surface area contributed by atoms with Gasteiger partial charge in [-0.15, -0.1) is 11.3 Å². The molecule has 0 radical (unpaired) electrons. The standard InChI is InChI=1S/C13H16ClN3S/c1-7-11(5-6-12(14)17-7)16-9(3)13-8(2)15-10(4)18-13/h5-6,9,16H,1-4H3. The summed E-state index contributed by atoms with van der Waals surface area (Å²) in [7, 11) is 0. The maximum Gasteiger partial charge on any atom is 0.129 e. The zero-order valence-electron chi connectivity index (χ0n) is 10.9. The van der Waals surface area contributed by atoms with E-state index in [1.54, 1.807) is 17.4 Å². The molecule has 2 heterocycles. The molecule has 2 aromatic heterocycles. The van der Waals surface area contributed by atoms with Crippen molar-refractivity contribution in [1.29, 1.82) is 0 Å². The highest BCUT2D eigenvalue weighted by Gasteiger charge is 2.13. The van der Waals surface area contributed by atoms with E-state index in [9.17, 15) is 0 Å². The molecule has 3 nitrogen and oxygen atoms in total. The lowest BCUT2D eigenvalue weighted by Crippen LogP contribution is -2.08. The first kappa shape index (κ1) is 13.3. The maximum atomic E-state index is 5.85. The van der Waals surface area contributed by atoms with Crippen LogP contribution in [0.2, 0.25) is 5.15 Å². The fourth-order valence-corrected chi connectivity index (χ4v) is 3.05. The topological polar surface area (TPSA) is 37.8 Å². The first-order chi connectivity index (χ1) is 8.47. The third-order valence-corrected chi connectivity index (χ3v) is 4.22. The van der Waals surface area contributed by atoms with Crippen LogP contribution in [0.4, 0.5) is 5.69 Å². The summed E-state index contributed by atoms with van der Waals surface area (Å²) in [5, 5.41) is 5.08. The van der Waals surface area contributed by atoms with Gasteiger partial charge in [0.15, 0.2) is 0 Å². The molecule has 0 saturated heterocycles. The lowest BCUT2D eigenvalue weighted by molar-refractivity contribution is 0.884. The zero-order chi connectivity index (χ0) is 13.3. The normalized spacial score (nSPS) is 12.5. The molecule has 0 fully saturated rings. The molecule has 2 aromatic rings. The van der Waals surface area contributed by atoms with Gasteiger partial charge < -0.3 is 5.32 Å². The molecule has 5 heteroatoms. The second kappa shape index (κ2) is 5.24. The van der Waals surface area contributed by atoms with Crippen molar-refractivity contribution in [3.63, 3.8) is 0 Å². The summed E-state index contributed by atoms with van der Waals surface area (Å²) in [4.78, 5) is 9.96. The van der Waals surface area contributed by atoms with E-state index in [2.05, 4.69) is 22.2 Å². The molecule has 1 atom stereocenters. The van der Waals surface area contributed by atoms with Crippen LogP contribution in [0.5, 0.6) is 0 Å². The lowest BCUT2D eigenvalue weighted by Gasteiger charge is -2.15. The van der Waals surface area contributed by atoms with Crippen LogP contribution in [0.15, 0.2) is 12.1 Å². The van der Waals surface area contributed by atoms with Gasteiger partial charge in [0.05, 0.1) is 28.1 Å². The molecular formula is C13H16ClN3S. The number of anilines is 1.